The van der Waals surface area contributed by atoms with Crippen LogP contribution in [0.4, 0.5) is 22.0 Å². The van der Waals surface area contributed by atoms with Crippen LogP contribution in [0.1, 0.15) is 28.2 Å². The van der Waals surface area contributed by atoms with Gasteiger partial charge < -0.3 is 15.6 Å². The zero-order chi connectivity index (χ0) is 14.8. The number of hydrogen-bond donors (Lipinski definition) is 2. The highest BCUT2D eigenvalue weighted by atomic mass is 19.4. The number of nitrogens with two attached hydrogens (primary N) is 1. The van der Waals surface area contributed by atoms with Crippen molar-refractivity contribution in [2.45, 2.75) is 19.3 Å². The number of rotatable bonds is 4. The Labute approximate surface area is 102 Å². The van der Waals surface area contributed by atoms with E-state index in [1.54, 1.807) is 0 Å². The molecule has 0 bridgehead atoms. The summed E-state index contributed by atoms with van der Waals surface area (Å²) in [7, 11) is 0. The number of hydrogen-bond acceptors (Lipinski definition) is 4. The predicted octanol–water partition coefficient (Wildman–Crippen LogP) is 2.07. The van der Waals surface area contributed by atoms with Crippen molar-refractivity contribution in [3.8, 4) is 5.75 Å². The van der Waals surface area contributed by atoms with E-state index in [0.717, 1.165) is 0 Å². The van der Waals surface area contributed by atoms with Gasteiger partial charge in [-0.2, -0.15) is 0 Å². The molecule has 106 valence electrons. The highest BCUT2D eigenvalue weighted by Crippen LogP contribution is 2.35. The van der Waals surface area contributed by atoms with Crippen molar-refractivity contribution < 1.29 is 36.6 Å². The molecule has 10 heteroatoms. The number of pyridine rings is 1. The monoisotopic (exact) mass is 286 g/mol. The average molecular weight is 286 g/mol. The van der Waals surface area contributed by atoms with Crippen LogP contribution >= 0.6 is 0 Å². The van der Waals surface area contributed by atoms with Crippen LogP contribution in [0.15, 0.2) is 6.07 Å². The van der Waals surface area contributed by atoms with Crippen LogP contribution in [0.25, 0.3) is 0 Å². The summed E-state index contributed by atoms with van der Waals surface area (Å²) in [6, 6.07) is 0.568. The van der Waals surface area contributed by atoms with E-state index >= 15 is 0 Å². The Morgan fingerprint density at radius 2 is 2.05 bits per heavy atom. The van der Waals surface area contributed by atoms with Crippen LogP contribution in [0, 0.1) is 0 Å². The number of alkyl halides is 5. The smallest absolute Gasteiger partial charge is 0.476 e. The molecule has 0 aliphatic carbocycles. The van der Waals surface area contributed by atoms with Crippen molar-refractivity contribution in [1.29, 1.82) is 0 Å². The van der Waals surface area contributed by atoms with Gasteiger partial charge in [-0.1, -0.05) is 0 Å². The molecule has 0 saturated carbocycles. The number of halogens is 5. The third-order valence-corrected chi connectivity index (χ3v) is 1.92. The minimum absolute atomic E-state index is 0.290. The van der Waals surface area contributed by atoms with Crippen molar-refractivity contribution in [3.05, 3.63) is 23.0 Å². The summed E-state index contributed by atoms with van der Waals surface area (Å²) < 4.78 is 64.9. The molecule has 5 nitrogen and oxygen atoms in total. The molecular formula is C9H7F5N2O3. The van der Waals surface area contributed by atoms with E-state index in [0.29, 0.717) is 6.07 Å². The van der Waals surface area contributed by atoms with Gasteiger partial charge in [0.05, 0.1) is 11.3 Å². The van der Waals surface area contributed by atoms with Gasteiger partial charge in [0, 0.05) is 6.54 Å². The first kappa shape index (κ1) is 15.1. The minimum Gasteiger partial charge on any atom is -0.476 e. The molecular weight excluding hydrogens is 279 g/mol. The number of aromatic carboxylic acids is 1. The van der Waals surface area contributed by atoms with Gasteiger partial charge in [-0.15, -0.1) is 13.2 Å². The van der Waals surface area contributed by atoms with Crippen LogP contribution < -0.4 is 10.5 Å². The fourth-order valence-electron chi connectivity index (χ4n) is 1.24. The summed E-state index contributed by atoms with van der Waals surface area (Å²) in [5, 5.41) is 8.69. The van der Waals surface area contributed by atoms with E-state index in [9.17, 15) is 26.7 Å². The Bertz CT molecular complexity index is 489. The van der Waals surface area contributed by atoms with E-state index < -0.39 is 42.3 Å². The van der Waals surface area contributed by atoms with Crippen molar-refractivity contribution in [3.63, 3.8) is 0 Å². The summed E-state index contributed by atoms with van der Waals surface area (Å²) in [5.74, 6) is -3.47. The molecule has 0 radical (unpaired) electrons. The Hall–Kier alpha value is -1.97. The number of ether oxygens (including phenoxy) is 1. The van der Waals surface area contributed by atoms with Gasteiger partial charge in [0.2, 0.25) is 0 Å². The lowest BCUT2D eigenvalue weighted by Crippen LogP contribution is -2.22. The molecule has 1 rings (SSSR count). The SMILES string of the molecule is NCc1cc(C(F)F)c(OC(F)(F)F)c(C(=O)O)n1. The Kier molecular flexibility index (Phi) is 4.24. The molecule has 1 aromatic rings. The number of carboxylic acid groups (broad SMARTS) is 1. The first-order valence-electron chi connectivity index (χ1n) is 4.66. The van der Waals surface area contributed by atoms with Crippen molar-refractivity contribution >= 4 is 5.97 Å². The maximum absolute atomic E-state index is 12.7. The molecule has 0 aromatic carbocycles. The summed E-state index contributed by atoms with van der Waals surface area (Å²) in [6.45, 7) is -0.410. The fourth-order valence-corrected chi connectivity index (χ4v) is 1.24. The van der Waals surface area contributed by atoms with Gasteiger partial charge in [0.15, 0.2) is 11.4 Å². The van der Waals surface area contributed by atoms with Crippen LogP contribution in [-0.4, -0.2) is 22.4 Å². The molecule has 0 fully saturated rings. The van der Waals surface area contributed by atoms with Crippen molar-refractivity contribution in [2.24, 2.45) is 5.73 Å². The summed E-state index contributed by atoms with van der Waals surface area (Å²) in [4.78, 5) is 14.0. The standard InChI is InChI=1S/C9H7F5N2O3/c10-7(11)4-1-3(2-15)16-5(8(17)18)6(4)19-9(12,13)14/h1,7H,2,15H2,(H,17,18). The summed E-state index contributed by atoms with van der Waals surface area (Å²) in [5.41, 5.74) is 2.31. The minimum atomic E-state index is -5.32. The number of carbonyl (C=O) groups is 1. The van der Waals surface area contributed by atoms with Crippen molar-refractivity contribution in [1.82, 2.24) is 4.98 Å². The Balaban J connectivity index is 3.49. The predicted molar refractivity (Wildman–Crippen MR) is 50.7 cm³/mol. The topological polar surface area (TPSA) is 85.4 Å². The maximum Gasteiger partial charge on any atom is 0.573 e. The van der Waals surface area contributed by atoms with Crippen LogP contribution in [0.3, 0.4) is 0 Å². The second-order valence-corrected chi connectivity index (χ2v) is 3.24. The molecule has 1 aromatic heterocycles. The molecule has 1 heterocycles. The molecule has 0 aliphatic heterocycles. The quantitative estimate of drug-likeness (QED) is 0.828. The molecule has 0 spiro atoms. The zero-order valence-corrected chi connectivity index (χ0v) is 9.04. The highest BCUT2D eigenvalue weighted by Gasteiger charge is 2.36. The van der Waals surface area contributed by atoms with Gasteiger partial charge in [-0.25, -0.2) is 18.6 Å². The van der Waals surface area contributed by atoms with E-state index in [-0.39, 0.29) is 5.69 Å². The molecule has 0 saturated heterocycles. The van der Waals surface area contributed by atoms with Gasteiger partial charge in [0.25, 0.3) is 6.43 Å². The van der Waals surface area contributed by atoms with Gasteiger partial charge in [-0.05, 0) is 6.07 Å². The average Bonchev–Trinajstić information content (AvgIpc) is 2.26. The molecule has 0 amide bonds. The first-order chi connectivity index (χ1) is 8.65. The van der Waals surface area contributed by atoms with E-state index in [4.69, 9.17) is 10.8 Å². The molecule has 0 aliphatic rings. The third kappa shape index (κ3) is 3.74. The second-order valence-electron chi connectivity index (χ2n) is 3.24. The van der Waals surface area contributed by atoms with Gasteiger partial charge >= 0.3 is 12.3 Å². The normalized spacial score (nSPS) is 11.7. The van der Waals surface area contributed by atoms with Crippen LogP contribution in [0.2, 0.25) is 0 Å². The summed E-state index contributed by atoms with van der Waals surface area (Å²) >= 11 is 0. The molecule has 0 unspecified atom stereocenters. The molecule has 0 atom stereocenters. The van der Waals surface area contributed by atoms with Crippen LogP contribution in [-0.2, 0) is 6.54 Å². The van der Waals surface area contributed by atoms with E-state index in [1.165, 1.54) is 0 Å². The van der Waals surface area contributed by atoms with E-state index in [2.05, 4.69) is 9.72 Å². The first-order valence-corrected chi connectivity index (χ1v) is 4.66. The van der Waals surface area contributed by atoms with E-state index in [1.807, 2.05) is 0 Å². The molecule has 19 heavy (non-hydrogen) atoms. The highest BCUT2D eigenvalue weighted by molar-refractivity contribution is 5.89. The lowest BCUT2D eigenvalue weighted by molar-refractivity contribution is -0.275. The third-order valence-electron chi connectivity index (χ3n) is 1.92. The lowest BCUT2D eigenvalue weighted by Gasteiger charge is -2.15. The van der Waals surface area contributed by atoms with Gasteiger partial charge in [0.1, 0.15) is 0 Å². The largest absolute Gasteiger partial charge is 0.573 e. The van der Waals surface area contributed by atoms with Crippen molar-refractivity contribution in [2.75, 3.05) is 0 Å². The van der Waals surface area contributed by atoms with Gasteiger partial charge in [-0.3, -0.25) is 0 Å². The Morgan fingerprint density at radius 3 is 2.42 bits per heavy atom. The fraction of sp³-hybridized carbons (Fsp3) is 0.333. The zero-order valence-electron chi connectivity index (χ0n) is 9.04. The maximum atomic E-state index is 12.7. The number of aromatic nitrogens is 1. The lowest BCUT2D eigenvalue weighted by atomic mass is 10.1. The van der Waals surface area contributed by atoms with Crippen LogP contribution in [0.5, 0.6) is 5.75 Å². The second kappa shape index (κ2) is 5.34. The number of nitrogens with zero attached hydrogens (tertiary/aromatic N) is 1. The summed E-state index contributed by atoms with van der Waals surface area (Å²) in [6.07, 6.45) is -8.69. The number of carboxylic acids is 1. The Morgan fingerprint density at radius 1 is 1.47 bits per heavy atom. The molecule has 3 N–H and O–H groups in total.